The highest BCUT2D eigenvalue weighted by Crippen LogP contribution is 2.30. The third-order valence-electron chi connectivity index (χ3n) is 6.61. The maximum atomic E-state index is 13.0. The highest BCUT2D eigenvalue weighted by molar-refractivity contribution is 7.90. The van der Waals surface area contributed by atoms with Crippen LogP contribution >= 0.6 is 0 Å². The molecule has 0 saturated heterocycles. The van der Waals surface area contributed by atoms with Crippen LogP contribution in [0.1, 0.15) is 63.6 Å². The van der Waals surface area contributed by atoms with Crippen LogP contribution in [0, 0.1) is 6.92 Å². The summed E-state index contributed by atoms with van der Waals surface area (Å²) in [5, 5.41) is 2.89. The topological polar surface area (TPSA) is 116 Å². The molecule has 1 fully saturated rings. The maximum Gasteiger partial charge on any atom is 0.411 e. The van der Waals surface area contributed by atoms with Crippen molar-refractivity contribution in [2.45, 2.75) is 49.9 Å². The molecule has 1 aliphatic carbocycles. The number of hydrogen-bond acceptors (Lipinski definition) is 6. The molecule has 4 aromatic rings. The Morgan fingerprint density at radius 3 is 2.61 bits per heavy atom. The lowest BCUT2D eigenvalue weighted by atomic mass is 10.0. The first-order chi connectivity index (χ1) is 22.6. The van der Waals surface area contributed by atoms with Crippen molar-refractivity contribution >= 4 is 38.6 Å². The predicted molar refractivity (Wildman–Crippen MR) is 157 cm³/mol. The molecule has 2 N–H and O–H groups in total. The van der Waals surface area contributed by atoms with Crippen molar-refractivity contribution in [3.05, 3.63) is 89.1 Å². The molecule has 1 heterocycles. The van der Waals surface area contributed by atoms with Crippen LogP contribution in [0.4, 0.5) is 10.5 Å². The van der Waals surface area contributed by atoms with Crippen LogP contribution in [0.25, 0.3) is 10.9 Å². The van der Waals surface area contributed by atoms with Crippen LogP contribution in [-0.4, -0.2) is 38.2 Å². The molecule has 214 valence electrons. The van der Waals surface area contributed by atoms with Crippen LogP contribution in [0.5, 0.6) is 5.75 Å². The Morgan fingerprint density at radius 1 is 1.10 bits per heavy atom. The van der Waals surface area contributed by atoms with Crippen molar-refractivity contribution in [1.82, 2.24) is 9.29 Å². The van der Waals surface area contributed by atoms with E-state index in [0.717, 1.165) is 4.57 Å². The fourth-order valence-electron chi connectivity index (χ4n) is 4.58. The molecule has 0 spiro atoms. The summed E-state index contributed by atoms with van der Waals surface area (Å²) < 4.78 is 103. The van der Waals surface area contributed by atoms with Gasteiger partial charge in [-0.05, 0) is 85.6 Å². The largest absolute Gasteiger partial charge is 0.496 e. The van der Waals surface area contributed by atoms with Crippen LogP contribution in [-0.2, 0) is 28.2 Å². The van der Waals surface area contributed by atoms with E-state index in [2.05, 4.69) is 10.0 Å². The van der Waals surface area contributed by atoms with Crippen LogP contribution in [0.15, 0.2) is 71.8 Å². The number of benzene rings is 3. The van der Waals surface area contributed by atoms with E-state index in [9.17, 15) is 18.0 Å². The lowest BCUT2D eigenvalue weighted by Gasteiger charge is -2.13. The third-order valence-corrected chi connectivity index (χ3v) is 8.10. The number of aryl methyl sites for hydroxylation is 2. The van der Waals surface area contributed by atoms with Gasteiger partial charge in [-0.1, -0.05) is 24.3 Å². The van der Waals surface area contributed by atoms with Crippen molar-refractivity contribution in [3.8, 4) is 5.75 Å². The lowest BCUT2D eigenvalue weighted by molar-refractivity contribution is 0.0980. The number of rotatable bonds is 8. The van der Waals surface area contributed by atoms with Crippen molar-refractivity contribution in [2.24, 2.45) is 6.98 Å². The minimum atomic E-state index is -4.16. The summed E-state index contributed by atoms with van der Waals surface area (Å²) in [6.45, 7) is -0.963. The number of aromatic nitrogens is 1. The number of carbonyl (C=O) groups is 2. The number of methoxy groups -OCH3 is 1. The molecule has 2 amide bonds. The molecular formula is C31H33N3O6S. The Balaban J connectivity index is 1.41. The zero-order valence-electron chi connectivity index (χ0n) is 30.3. The molecule has 5 rings (SSSR count). The minimum absolute atomic E-state index is 0.00301. The Hall–Kier alpha value is -4.31. The zero-order valence-corrected chi connectivity index (χ0v) is 23.1. The van der Waals surface area contributed by atoms with Gasteiger partial charge in [0.1, 0.15) is 11.8 Å². The van der Waals surface area contributed by atoms with E-state index in [4.69, 9.17) is 20.4 Å². The van der Waals surface area contributed by atoms with E-state index < -0.39 is 60.7 Å². The molecule has 0 atom stereocenters. The standard InChI is InChI=1S/C31H33N3O6S/c1-20-8-4-7-11-29(20)41(37,38)33-30(35)22-13-12-21(28(17-22)39-3)16-23-19-34(2)27-15-14-24(18-26(23)27)32-31(36)40-25-9-5-6-10-25/h4,7-8,11-15,17-19,25H,5-6,9-10,16H2,1-3H3,(H,32,36)(H,33,35)/i2D3,5D2,6D2,25D. The molecule has 9 nitrogen and oxygen atoms in total. The summed E-state index contributed by atoms with van der Waals surface area (Å²) in [5.41, 5.74) is 1.97. The Morgan fingerprint density at radius 2 is 1.88 bits per heavy atom. The van der Waals surface area contributed by atoms with Crippen molar-refractivity contribution in [3.63, 3.8) is 0 Å². The van der Waals surface area contributed by atoms with Crippen molar-refractivity contribution in [1.29, 1.82) is 0 Å². The number of fused-ring (bicyclic) bond motifs is 1. The van der Waals surface area contributed by atoms with Gasteiger partial charge in [-0.25, -0.2) is 17.9 Å². The molecule has 1 aromatic heterocycles. The van der Waals surface area contributed by atoms with Crippen LogP contribution in [0.2, 0.25) is 0 Å². The van der Waals surface area contributed by atoms with E-state index in [0.29, 0.717) is 27.6 Å². The predicted octanol–water partition coefficient (Wildman–Crippen LogP) is 5.70. The molecular weight excluding hydrogens is 542 g/mol. The fraction of sp³-hybridized carbons (Fsp3) is 0.290. The first kappa shape index (κ1) is 19.7. The number of nitrogens with zero attached hydrogens (tertiary/aromatic N) is 1. The Kier molecular flexibility index (Phi) is 5.61. The number of ether oxygens (including phenoxy) is 2. The van der Waals surface area contributed by atoms with Crippen molar-refractivity contribution < 1.29 is 38.4 Å². The normalized spacial score (nSPS) is 20.1. The van der Waals surface area contributed by atoms with E-state index in [1.807, 2.05) is 0 Å². The molecule has 41 heavy (non-hydrogen) atoms. The van der Waals surface area contributed by atoms with Gasteiger partial charge in [0.05, 0.1) is 13.4 Å². The zero-order chi connectivity index (χ0) is 36.2. The highest BCUT2D eigenvalue weighted by atomic mass is 32.2. The number of sulfonamides is 1. The summed E-state index contributed by atoms with van der Waals surface area (Å²) >= 11 is 0. The van der Waals surface area contributed by atoms with E-state index in [-0.39, 0.29) is 28.3 Å². The number of amides is 2. The molecule has 3 aromatic carbocycles. The first-order valence-electron chi connectivity index (χ1n) is 16.6. The number of nitrogens with one attached hydrogen (secondary N) is 2. The number of hydrogen-bond donors (Lipinski definition) is 2. The quantitative estimate of drug-likeness (QED) is 0.275. The summed E-state index contributed by atoms with van der Waals surface area (Å²) in [4.78, 5) is 25.7. The van der Waals surface area contributed by atoms with Crippen LogP contribution in [0.3, 0.4) is 0 Å². The fourth-order valence-corrected chi connectivity index (χ4v) is 5.80. The maximum absolute atomic E-state index is 13.0. The van der Waals surface area contributed by atoms with Crippen LogP contribution < -0.4 is 14.8 Å². The summed E-state index contributed by atoms with van der Waals surface area (Å²) in [5.74, 6) is -0.653. The average Bonchev–Trinajstić information content (AvgIpc) is 3.41. The lowest BCUT2D eigenvalue weighted by Crippen LogP contribution is -2.31. The van der Waals surface area contributed by atoms with Gasteiger partial charge in [0, 0.05) is 51.3 Å². The minimum Gasteiger partial charge on any atom is -0.496 e. The molecule has 1 saturated carbocycles. The summed E-state index contributed by atoms with van der Waals surface area (Å²) in [6.07, 6.45) is -7.78. The van der Waals surface area contributed by atoms with E-state index in [1.165, 1.54) is 49.7 Å². The molecule has 10 heteroatoms. The van der Waals surface area contributed by atoms with Gasteiger partial charge >= 0.3 is 6.09 Å². The smallest absolute Gasteiger partial charge is 0.411 e. The van der Waals surface area contributed by atoms with E-state index >= 15 is 0 Å². The van der Waals surface area contributed by atoms with Gasteiger partial charge in [-0.3, -0.25) is 10.1 Å². The molecule has 0 unspecified atom stereocenters. The van der Waals surface area contributed by atoms with Gasteiger partial charge in [0.25, 0.3) is 15.9 Å². The first-order valence-corrected chi connectivity index (χ1v) is 14.1. The van der Waals surface area contributed by atoms with Gasteiger partial charge < -0.3 is 14.0 Å². The monoisotopic (exact) mass is 583 g/mol. The molecule has 0 bridgehead atoms. The Labute approximate surface area is 250 Å². The van der Waals surface area contributed by atoms with Gasteiger partial charge in [0.15, 0.2) is 0 Å². The Bertz CT molecular complexity index is 2050. The van der Waals surface area contributed by atoms with Gasteiger partial charge in [0.2, 0.25) is 0 Å². The van der Waals surface area contributed by atoms with Crippen molar-refractivity contribution in [2.75, 3.05) is 12.4 Å². The highest BCUT2D eigenvalue weighted by Gasteiger charge is 2.22. The second-order valence-electron chi connectivity index (χ2n) is 9.42. The molecule has 0 aliphatic heterocycles. The average molecular weight is 584 g/mol. The molecule has 1 aliphatic rings. The number of anilines is 1. The second-order valence-corrected chi connectivity index (χ2v) is 11.1. The third kappa shape index (κ3) is 6.22. The molecule has 0 radical (unpaired) electrons. The SMILES string of the molecule is [2H]C1(OC(=O)Nc2ccc3c(c2)c(Cc2ccc(C(=O)NS(=O)(=O)c4ccccc4C)cc2OC)cn3C([2H])([2H])[2H])CC([2H])([2H])C([2H])([2H])C1. The van der Waals surface area contributed by atoms with E-state index in [1.54, 1.807) is 31.2 Å². The van der Waals surface area contributed by atoms with Gasteiger partial charge in [-0.15, -0.1) is 0 Å². The summed E-state index contributed by atoms with van der Waals surface area (Å²) in [6, 6.07) is 15.0. The van der Waals surface area contributed by atoms with Gasteiger partial charge in [-0.2, -0.15) is 0 Å². The number of carbonyl (C=O) groups excluding carboxylic acids is 2. The second kappa shape index (κ2) is 11.7. The summed E-state index contributed by atoms with van der Waals surface area (Å²) in [7, 11) is -2.80.